The molecule has 102 valence electrons. The summed E-state index contributed by atoms with van der Waals surface area (Å²) in [6.45, 7) is 8.78. The van der Waals surface area contributed by atoms with Crippen LogP contribution in [0.25, 0.3) is 0 Å². The summed E-state index contributed by atoms with van der Waals surface area (Å²) in [5.41, 5.74) is 8.78. The van der Waals surface area contributed by atoms with Crippen LogP contribution in [0.4, 0.5) is 11.4 Å². The molecule has 0 radical (unpaired) electrons. The van der Waals surface area contributed by atoms with Crippen LogP contribution in [-0.4, -0.2) is 19.8 Å². The number of hydrogen-bond donors (Lipinski definition) is 2. The van der Waals surface area contributed by atoms with E-state index in [0.29, 0.717) is 5.92 Å². The Balaban J connectivity index is 2.29. The zero-order valence-electron chi connectivity index (χ0n) is 11.4. The Bertz CT molecular complexity index is 380. The van der Waals surface area contributed by atoms with Crippen LogP contribution in [0.2, 0.25) is 0 Å². The summed E-state index contributed by atoms with van der Waals surface area (Å²) in [6.07, 6.45) is 1.12. The monoisotopic (exact) mass is 314 g/mol. The fourth-order valence-corrected chi connectivity index (χ4v) is 2.01. The van der Waals surface area contributed by atoms with Gasteiger partial charge in [-0.25, -0.2) is 0 Å². The van der Waals surface area contributed by atoms with Gasteiger partial charge in [0.25, 0.3) is 0 Å². The summed E-state index contributed by atoms with van der Waals surface area (Å²) in [6, 6.07) is 3.98. The van der Waals surface area contributed by atoms with Crippen molar-refractivity contribution in [2.45, 2.75) is 27.2 Å². The summed E-state index contributed by atoms with van der Waals surface area (Å²) < 4.78 is 6.55. The minimum atomic E-state index is 0.701. The standard InChI is InChI=1S/C14H23BrN2O/c1-10(2)4-6-18-7-5-17-14-8-11(3)13(16)9-12(14)15/h8-10,17H,4-7,16H2,1-3H3. The molecule has 0 heterocycles. The summed E-state index contributed by atoms with van der Waals surface area (Å²) in [4.78, 5) is 0. The van der Waals surface area contributed by atoms with Gasteiger partial charge in [0.2, 0.25) is 0 Å². The fourth-order valence-electron chi connectivity index (χ4n) is 1.51. The average molecular weight is 315 g/mol. The summed E-state index contributed by atoms with van der Waals surface area (Å²) in [5.74, 6) is 0.701. The molecule has 0 aliphatic rings. The van der Waals surface area contributed by atoms with Gasteiger partial charge >= 0.3 is 0 Å². The number of halogens is 1. The van der Waals surface area contributed by atoms with E-state index in [2.05, 4.69) is 35.1 Å². The predicted molar refractivity (Wildman–Crippen MR) is 82.1 cm³/mol. The molecule has 0 unspecified atom stereocenters. The number of benzene rings is 1. The zero-order chi connectivity index (χ0) is 13.5. The number of aryl methyl sites for hydroxylation is 1. The quantitative estimate of drug-likeness (QED) is 0.594. The maximum Gasteiger partial charge on any atom is 0.0639 e. The van der Waals surface area contributed by atoms with E-state index in [-0.39, 0.29) is 0 Å². The Kier molecular flexibility index (Phi) is 6.50. The molecule has 0 atom stereocenters. The van der Waals surface area contributed by atoms with Crippen LogP contribution in [0.3, 0.4) is 0 Å². The maximum atomic E-state index is 5.83. The lowest BCUT2D eigenvalue weighted by Gasteiger charge is -2.12. The number of nitrogens with two attached hydrogens (primary N) is 1. The fraction of sp³-hybridized carbons (Fsp3) is 0.571. The molecule has 0 aliphatic carbocycles. The van der Waals surface area contributed by atoms with Gasteiger partial charge in [-0.3, -0.25) is 0 Å². The smallest absolute Gasteiger partial charge is 0.0639 e. The van der Waals surface area contributed by atoms with E-state index in [0.717, 1.165) is 47.6 Å². The van der Waals surface area contributed by atoms with Gasteiger partial charge in [0.15, 0.2) is 0 Å². The topological polar surface area (TPSA) is 47.3 Å². The van der Waals surface area contributed by atoms with E-state index in [1.807, 2.05) is 19.1 Å². The molecule has 1 aromatic carbocycles. The summed E-state index contributed by atoms with van der Waals surface area (Å²) in [7, 11) is 0. The van der Waals surface area contributed by atoms with Gasteiger partial charge in [-0.05, 0) is 52.9 Å². The third-order valence-electron chi connectivity index (χ3n) is 2.76. The van der Waals surface area contributed by atoms with Crippen molar-refractivity contribution < 1.29 is 4.74 Å². The SMILES string of the molecule is Cc1cc(NCCOCCC(C)C)c(Br)cc1N. The van der Waals surface area contributed by atoms with Crippen molar-refractivity contribution in [2.24, 2.45) is 5.92 Å². The van der Waals surface area contributed by atoms with E-state index < -0.39 is 0 Å². The molecule has 0 spiro atoms. The van der Waals surface area contributed by atoms with Gasteiger partial charge in [0.05, 0.1) is 6.61 Å². The molecule has 0 fully saturated rings. The van der Waals surface area contributed by atoms with Crippen molar-refractivity contribution >= 4 is 27.3 Å². The van der Waals surface area contributed by atoms with Gasteiger partial charge in [-0.1, -0.05) is 13.8 Å². The van der Waals surface area contributed by atoms with Crippen molar-refractivity contribution in [3.63, 3.8) is 0 Å². The molecule has 0 amide bonds. The zero-order valence-corrected chi connectivity index (χ0v) is 13.0. The molecule has 3 N–H and O–H groups in total. The highest BCUT2D eigenvalue weighted by molar-refractivity contribution is 9.10. The molecule has 4 heteroatoms. The van der Waals surface area contributed by atoms with E-state index in [1.165, 1.54) is 0 Å². The molecule has 0 saturated heterocycles. The van der Waals surface area contributed by atoms with Crippen LogP contribution in [0.5, 0.6) is 0 Å². The van der Waals surface area contributed by atoms with Crippen molar-refractivity contribution in [3.05, 3.63) is 22.2 Å². The van der Waals surface area contributed by atoms with E-state index in [1.54, 1.807) is 0 Å². The highest BCUT2D eigenvalue weighted by Crippen LogP contribution is 2.27. The number of ether oxygens (including phenoxy) is 1. The van der Waals surface area contributed by atoms with Gasteiger partial charge in [0, 0.05) is 29.0 Å². The van der Waals surface area contributed by atoms with Crippen LogP contribution < -0.4 is 11.1 Å². The predicted octanol–water partition coefficient (Wildman–Crippen LogP) is 3.81. The van der Waals surface area contributed by atoms with Crippen molar-refractivity contribution in [1.29, 1.82) is 0 Å². The molecule has 18 heavy (non-hydrogen) atoms. The Labute approximate surface area is 118 Å². The second kappa shape index (κ2) is 7.64. The molecule has 3 nitrogen and oxygen atoms in total. The first-order valence-corrected chi connectivity index (χ1v) is 7.17. The Hall–Kier alpha value is -0.740. The lowest BCUT2D eigenvalue weighted by atomic mass is 10.1. The number of nitrogens with one attached hydrogen (secondary N) is 1. The molecule has 0 bridgehead atoms. The van der Waals surface area contributed by atoms with E-state index in [4.69, 9.17) is 10.5 Å². The first-order chi connectivity index (χ1) is 8.50. The maximum absolute atomic E-state index is 5.83. The molecule has 0 aliphatic heterocycles. The molecule has 0 aromatic heterocycles. The summed E-state index contributed by atoms with van der Waals surface area (Å²) >= 11 is 3.50. The first-order valence-electron chi connectivity index (χ1n) is 6.38. The van der Waals surface area contributed by atoms with Crippen LogP contribution in [-0.2, 0) is 4.74 Å². The van der Waals surface area contributed by atoms with Crippen LogP contribution in [0.1, 0.15) is 25.8 Å². The average Bonchev–Trinajstić information content (AvgIpc) is 2.29. The van der Waals surface area contributed by atoms with Gasteiger partial charge in [-0.15, -0.1) is 0 Å². The van der Waals surface area contributed by atoms with E-state index in [9.17, 15) is 0 Å². The van der Waals surface area contributed by atoms with Gasteiger partial charge < -0.3 is 15.8 Å². The number of anilines is 2. The molecular formula is C14H23BrN2O. The second-order valence-corrected chi connectivity index (χ2v) is 5.76. The highest BCUT2D eigenvalue weighted by Gasteiger charge is 2.02. The van der Waals surface area contributed by atoms with Crippen molar-refractivity contribution in [3.8, 4) is 0 Å². The second-order valence-electron chi connectivity index (χ2n) is 4.91. The molecule has 1 rings (SSSR count). The lowest BCUT2D eigenvalue weighted by Crippen LogP contribution is -2.11. The molecule has 1 aromatic rings. The third-order valence-corrected chi connectivity index (χ3v) is 3.41. The number of rotatable bonds is 7. The highest BCUT2D eigenvalue weighted by atomic mass is 79.9. The number of hydrogen-bond acceptors (Lipinski definition) is 3. The van der Waals surface area contributed by atoms with E-state index >= 15 is 0 Å². The van der Waals surface area contributed by atoms with Gasteiger partial charge in [-0.2, -0.15) is 0 Å². The Morgan fingerprint density at radius 1 is 1.33 bits per heavy atom. The Morgan fingerprint density at radius 3 is 2.72 bits per heavy atom. The molecular weight excluding hydrogens is 292 g/mol. The molecule has 0 saturated carbocycles. The van der Waals surface area contributed by atoms with Crippen LogP contribution in [0.15, 0.2) is 16.6 Å². The Morgan fingerprint density at radius 2 is 2.06 bits per heavy atom. The lowest BCUT2D eigenvalue weighted by molar-refractivity contribution is 0.132. The van der Waals surface area contributed by atoms with Gasteiger partial charge in [0.1, 0.15) is 0 Å². The normalized spacial score (nSPS) is 10.9. The van der Waals surface area contributed by atoms with Crippen LogP contribution >= 0.6 is 15.9 Å². The minimum absolute atomic E-state index is 0.701. The summed E-state index contributed by atoms with van der Waals surface area (Å²) in [5, 5.41) is 3.34. The largest absolute Gasteiger partial charge is 0.398 e. The van der Waals surface area contributed by atoms with Crippen LogP contribution in [0, 0.1) is 12.8 Å². The third kappa shape index (κ3) is 5.27. The first kappa shape index (κ1) is 15.3. The van der Waals surface area contributed by atoms with Crippen molar-refractivity contribution in [1.82, 2.24) is 0 Å². The minimum Gasteiger partial charge on any atom is -0.398 e. The van der Waals surface area contributed by atoms with Crippen molar-refractivity contribution in [2.75, 3.05) is 30.8 Å². The number of nitrogen functional groups attached to an aromatic ring is 1.